The first-order valence-corrected chi connectivity index (χ1v) is 8.76. The van der Waals surface area contributed by atoms with Gasteiger partial charge in [0.15, 0.2) is 0 Å². The number of hydrogen-bond acceptors (Lipinski definition) is 3. The fraction of sp³-hybridized carbons (Fsp3) is 0.368. The number of nitrogens with one attached hydrogen (secondary N) is 1. The molecule has 3 rings (SSSR count). The SMILES string of the molecule is Cc1noc(NC(=O)N2CCC(=Cc3ccc(Cl)cc3)C(C)C2)c1C. The summed E-state index contributed by atoms with van der Waals surface area (Å²) < 4.78 is 5.16. The molecule has 6 heteroatoms. The van der Waals surface area contributed by atoms with Crippen LogP contribution >= 0.6 is 11.6 Å². The number of aryl methyl sites for hydroxylation is 1. The van der Waals surface area contributed by atoms with Crippen molar-refractivity contribution < 1.29 is 9.32 Å². The van der Waals surface area contributed by atoms with E-state index in [4.69, 9.17) is 16.1 Å². The van der Waals surface area contributed by atoms with Gasteiger partial charge >= 0.3 is 6.03 Å². The summed E-state index contributed by atoms with van der Waals surface area (Å²) in [6.07, 6.45) is 3.05. The third-order valence-electron chi connectivity index (χ3n) is 4.68. The van der Waals surface area contributed by atoms with Gasteiger partial charge in [0.05, 0.1) is 5.69 Å². The van der Waals surface area contributed by atoms with Crippen LogP contribution in [0, 0.1) is 19.8 Å². The standard InChI is InChI=1S/C19H22ClN3O2/c1-12-11-23(19(24)21-18-13(2)14(3)22-25-18)9-8-16(12)10-15-4-6-17(20)7-5-15/h4-7,10,12H,8-9,11H2,1-3H3,(H,21,24). The number of nitrogens with zero attached hydrogens (tertiary/aromatic N) is 2. The molecule has 25 heavy (non-hydrogen) atoms. The molecular weight excluding hydrogens is 338 g/mol. The fourth-order valence-corrected chi connectivity index (χ4v) is 3.06. The highest BCUT2D eigenvalue weighted by atomic mass is 35.5. The quantitative estimate of drug-likeness (QED) is 0.829. The third kappa shape index (κ3) is 4.04. The predicted octanol–water partition coefficient (Wildman–Crippen LogP) is 4.90. The van der Waals surface area contributed by atoms with Gasteiger partial charge in [0, 0.05) is 23.7 Å². The lowest BCUT2D eigenvalue weighted by Crippen LogP contribution is -2.42. The van der Waals surface area contributed by atoms with Gasteiger partial charge in [-0.15, -0.1) is 0 Å². The van der Waals surface area contributed by atoms with Gasteiger partial charge in [0.25, 0.3) is 0 Å². The zero-order chi connectivity index (χ0) is 18.0. The molecule has 1 atom stereocenters. The molecule has 1 aromatic carbocycles. The second kappa shape index (κ2) is 7.31. The van der Waals surface area contributed by atoms with Crippen molar-refractivity contribution in [2.45, 2.75) is 27.2 Å². The van der Waals surface area contributed by atoms with Crippen LogP contribution in [-0.2, 0) is 0 Å². The van der Waals surface area contributed by atoms with Crippen LogP contribution in [0.25, 0.3) is 6.08 Å². The molecule has 2 amide bonds. The van der Waals surface area contributed by atoms with Gasteiger partial charge in [-0.05, 0) is 43.9 Å². The Morgan fingerprint density at radius 1 is 1.36 bits per heavy atom. The van der Waals surface area contributed by atoms with Crippen molar-refractivity contribution in [3.63, 3.8) is 0 Å². The van der Waals surface area contributed by atoms with Crippen LogP contribution in [0.1, 0.15) is 30.2 Å². The molecule has 132 valence electrons. The molecule has 1 saturated heterocycles. The Morgan fingerprint density at radius 3 is 2.68 bits per heavy atom. The van der Waals surface area contributed by atoms with Crippen LogP contribution in [-0.4, -0.2) is 29.2 Å². The van der Waals surface area contributed by atoms with Crippen LogP contribution in [0.4, 0.5) is 10.7 Å². The van der Waals surface area contributed by atoms with E-state index >= 15 is 0 Å². The lowest BCUT2D eigenvalue weighted by Gasteiger charge is -2.33. The maximum atomic E-state index is 12.5. The molecule has 5 nitrogen and oxygen atoms in total. The van der Waals surface area contributed by atoms with E-state index in [-0.39, 0.29) is 6.03 Å². The Kier molecular flexibility index (Phi) is 5.13. The fourth-order valence-electron chi connectivity index (χ4n) is 2.93. The molecule has 1 aliphatic rings. The van der Waals surface area contributed by atoms with E-state index in [1.54, 1.807) is 0 Å². The number of piperidine rings is 1. The Balaban J connectivity index is 1.64. The average Bonchev–Trinajstić information content (AvgIpc) is 2.90. The molecule has 2 aromatic rings. The molecular formula is C19H22ClN3O2. The van der Waals surface area contributed by atoms with Crippen molar-refractivity contribution in [1.29, 1.82) is 0 Å². The van der Waals surface area contributed by atoms with Gasteiger partial charge in [0.2, 0.25) is 5.88 Å². The summed E-state index contributed by atoms with van der Waals surface area (Å²) in [5.74, 6) is 0.727. The minimum absolute atomic E-state index is 0.142. The molecule has 1 aliphatic heterocycles. The average molecular weight is 360 g/mol. The van der Waals surface area contributed by atoms with Gasteiger partial charge in [-0.3, -0.25) is 5.32 Å². The smallest absolute Gasteiger partial charge is 0.324 e. The summed E-state index contributed by atoms with van der Waals surface area (Å²) >= 11 is 5.93. The summed E-state index contributed by atoms with van der Waals surface area (Å²) in [5, 5.41) is 7.42. The first-order chi connectivity index (χ1) is 11.9. The monoisotopic (exact) mass is 359 g/mol. The summed E-state index contributed by atoms with van der Waals surface area (Å²) in [4.78, 5) is 14.3. The third-order valence-corrected chi connectivity index (χ3v) is 4.94. The highest BCUT2D eigenvalue weighted by molar-refractivity contribution is 6.30. The van der Waals surface area contributed by atoms with Crippen LogP contribution in [0.15, 0.2) is 34.4 Å². The maximum Gasteiger partial charge on any atom is 0.324 e. The van der Waals surface area contributed by atoms with E-state index in [2.05, 4.69) is 23.5 Å². The number of benzene rings is 1. The summed E-state index contributed by atoms with van der Waals surface area (Å²) in [6.45, 7) is 7.24. The highest BCUT2D eigenvalue weighted by Crippen LogP contribution is 2.26. The number of anilines is 1. The number of aromatic nitrogens is 1. The van der Waals surface area contributed by atoms with E-state index < -0.39 is 0 Å². The van der Waals surface area contributed by atoms with Crippen LogP contribution < -0.4 is 5.32 Å². The first-order valence-electron chi connectivity index (χ1n) is 8.39. The summed E-state index contributed by atoms with van der Waals surface area (Å²) in [5.41, 5.74) is 4.13. The van der Waals surface area contributed by atoms with Crippen LogP contribution in [0.2, 0.25) is 5.02 Å². The van der Waals surface area contributed by atoms with Crippen molar-refractivity contribution >= 4 is 29.6 Å². The molecule has 0 saturated carbocycles. The lowest BCUT2D eigenvalue weighted by molar-refractivity contribution is 0.197. The van der Waals surface area contributed by atoms with Crippen molar-refractivity contribution in [1.82, 2.24) is 10.1 Å². The topological polar surface area (TPSA) is 58.4 Å². The van der Waals surface area contributed by atoms with Gasteiger partial charge in [-0.2, -0.15) is 0 Å². The minimum Gasteiger partial charge on any atom is -0.338 e. The Labute approximate surface area is 152 Å². The van der Waals surface area contributed by atoms with E-state index in [0.29, 0.717) is 24.9 Å². The number of carbonyl (C=O) groups excluding carboxylic acids is 1. The number of amides is 2. The van der Waals surface area contributed by atoms with Gasteiger partial charge in [0.1, 0.15) is 0 Å². The second-order valence-electron chi connectivity index (χ2n) is 6.52. The number of likely N-dealkylation sites (tertiary alicyclic amines) is 1. The molecule has 0 bridgehead atoms. The lowest BCUT2D eigenvalue weighted by atomic mass is 9.91. The van der Waals surface area contributed by atoms with E-state index in [1.807, 2.05) is 43.0 Å². The Hall–Kier alpha value is -2.27. The molecule has 0 spiro atoms. The number of urea groups is 1. The molecule has 1 N–H and O–H groups in total. The summed E-state index contributed by atoms with van der Waals surface area (Å²) in [7, 11) is 0. The van der Waals surface area contributed by atoms with Crippen LogP contribution in [0.3, 0.4) is 0 Å². The van der Waals surface area contributed by atoms with E-state index in [1.165, 1.54) is 5.57 Å². The van der Waals surface area contributed by atoms with Crippen molar-refractivity contribution in [2.75, 3.05) is 18.4 Å². The van der Waals surface area contributed by atoms with Crippen molar-refractivity contribution in [3.05, 3.63) is 51.7 Å². The van der Waals surface area contributed by atoms with Crippen LogP contribution in [0.5, 0.6) is 0 Å². The number of rotatable bonds is 2. The van der Waals surface area contributed by atoms with Gasteiger partial charge in [-0.25, -0.2) is 4.79 Å². The largest absolute Gasteiger partial charge is 0.338 e. The van der Waals surface area contributed by atoms with Gasteiger partial charge < -0.3 is 9.42 Å². The molecule has 1 aromatic heterocycles. The number of halogens is 1. The maximum absolute atomic E-state index is 12.5. The zero-order valence-corrected chi connectivity index (χ0v) is 15.4. The molecule has 0 aliphatic carbocycles. The number of carbonyl (C=O) groups is 1. The molecule has 2 heterocycles. The summed E-state index contributed by atoms with van der Waals surface area (Å²) in [6, 6.07) is 7.66. The predicted molar refractivity (Wildman–Crippen MR) is 99.8 cm³/mol. The minimum atomic E-state index is -0.142. The Bertz CT molecular complexity index is 796. The normalized spacial score (nSPS) is 19.3. The van der Waals surface area contributed by atoms with E-state index in [0.717, 1.165) is 28.3 Å². The highest BCUT2D eigenvalue weighted by Gasteiger charge is 2.25. The second-order valence-corrected chi connectivity index (χ2v) is 6.96. The molecule has 1 fully saturated rings. The number of hydrogen-bond donors (Lipinski definition) is 1. The zero-order valence-electron chi connectivity index (χ0n) is 14.7. The van der Waals surface area contributed by atoms with Gasteiger partial charge in [-0.1, -0.05) is 47.5 Å². The molecule has 0 radical (unpaired) electrons. The van der Waals surface area contributed by atoms with E-state index in [9.17, 15) is 4.79 Å². The van der Waals surface area contributed by atoms with Crippen molar-refractivity contribution in [3.8, 4) is 0 Å². The van der Waals surface area contributed by atoms with Crippen molar-refractivity contribution in [2.24, 2.45) is 5.92 Å². The first kappa shape index (κ1) is 17.5. The molecule has 1 unspecified atom stereocenters. The Morgan fingerprint density at radius 2 is 2.08 bits per heavy atom.